The number of ether oxygens (including phenoxy) is 1. The number of aromatic nitrogens is 3. The minimum Gasteiger partial charge on any atom is -0.466 e. The molecule has 0 bridgehead atoms. The van der Waals surface area contributed by atoms with Crippen molar-refractivity contribution in [2.75, 3.05) is 7.11 Å². The smallest absolute Gasteiger partial charge is 0.330 e. The lowest BCUT2D eigenvalue weighted by molar-refractivity contribution is -0.134. The van der Waals surface area contributed by atoms with Gasteiger partial charge in [-0.2, -0.15) is 0 Å². The standard InChI is InChI=1S/C10H7ClFN3O2S/c1-17-7(16)3-2-6-4-15(18-12)10-8(6)9(11)13-5-14-10/h2-5H,1H3/b3-2+. The van der Waals surface area contributed by atoms with Crippen molar-refractivity contribution in [3.05, 3.63) is 29.3 Å². The first-order valence-corrected chi connectivity index (χ1v) is 5.79. The third kappa shape index (κ3) is 2.32. The molecule has 2 rings (SSSR count). The van der Waals surface area contributed by atoms with Gasteiger partial charge in [-0.15, -0.1) is 3.89 Å². The lowest BCUT2D eigenvalue weighted by Gasteiger charge is -1.95. The van der Waals surface area contributed by atoms with E-state index in [1.165, 1.54) is 35.8 Å². The number of esters is 1. The van der Waals surface area contributed by atoms with Crippen molar-refractivity contribution in [3.8, 4) is 0 Å². The van der Waals surface area contributed by atoms with Gasteiger partial charge in [0.1, 0.15) is 11.5 Å². The van der Waals surface area contributed by atoms with Crippen LogP contribution in [-0.4, -0.2) is 27.0 Å². The van der Waals surface area contributed by atoms with Crippen LogP contribution in [-0.2, 0) is 9.53 Å². The van der Waals surface area contributed by atoms with E-state index < -0.39 is 5.97 Å². The van der Waals surface area contributed by atoms with Crippen LogP contribution < -0.4 is 0 Å². The fourth-order valence-corrected chi connectivity index (χ4v) is 2.02. The van der Waals surface area contributed by atoms with Gasteiger partial charge < -0.3 is 4.74 Å². The maximum atomic E-state index is 12.7. The Morgan fingerprint density at radius 2 is 2.39 bits per heavy atom. The normalized spacial score (nSPS) is 11.3. The molecule has 0 unspecified atom stereocenters. The molecule has 0 aromatic carbocycles. The van der Waals surface area contributed by atoms with Crippen LogP contribution in [0.1, 0.15) is 5.56 Å². The number of rotatable bonds is 3. The van der Waals surface area contributed by atoms with Gasteiger partial charge in [-0.3, -0.25) is 0 Å². The average Bonchev–Trinajstić information content (AvgIpc) is 2.75. The van der Waals surface area contributed by atoms with Crippen LogP contribution in [0, 0.1) is 0 Å². The molecule has 0 aliphatic rings. The van der Waals surface area contributed by atoms with E-state index in [0.29, 0.717) is 16.6 Å². The topological polar surface area (TPSA) is 57.0 Å². The van der Waals surface area contributed by atoms with Crippen molar-refractivity contribution in [2.24, 2.45) is 0 Å². The first kappa shape index (κ1) is 12.8. The van der Waals surface area contributed by atoms with Gasteiger partial charge in [0.2, 0.25) is 0 Å². The maximum absolute atomic E-state index is 12.7. The third-order valence-electron chi connectivity index (χ3n) is 2.21. The Morgan fingerprint density at radius 1 is 1.61 bits per heavy atom. The molecule has 0 spiro atoms. The van der Waals surface area contributed by atoms with E-state index in [4.69, 9.17) is 11.6 Å². The van der Waals surface area contributed by atoms with Crippen molar-refractivity contribution in [3.63, 3.8) is 0 Å². The van der Waals surface area contributed by atoms with Gasteiger partial charge >= 0.3 is 5.97 Å². The first-order chi connectivity index (χ1) is 8.67. The lowest BCUT2D eigenvalue weighted by atomic mass is 10.2. The van der Waals surface area contributed by atoms with Crippen LogP contribution in [0.25, 0.3) is 17.1 Å². The zero-order chi connectivity index (χ0) is 13.1. The summed E-state index contributed by atoms with van der Waals surface area (Å²) in [4.78, 5) is 18.8. The van der Waals surface area contributed by atoms with Gasteiger partial charge in [0.15, 0.2) is 18.0 Å². The summed E-state index contributed by atoms with van der Waals surface area (Å²) in [6.45, 7) is 0. The molecule has 0 radical (unpaired) electrons. The average molecular weight is 288 g/mol. The van der Waals surface area contributed by atoms with Crippen LogP contribution >= 0.6 is 23.9 Å². The summed E-state index contributed by atoms with van der Waals surface area (Å²) in [5.41, 5.74) is 0.873. The Morgan fingerprint density at radius 3 is 3.06 bits per heavy atom. The van der Waals surface area contributed by atoms with Crippen LogP contribution in [0.15, 0.2) is 18.6 Å². The molecule has 5 nitrogen and oxygen atoms in total. The van der Waals surface area contributed by atoms with E-state index in [-0.39, 0.29) is 17.5 Å². The van der Waals surface area contributed by atoms with E-state index in [1.54, 1.807) is 0 Å². The zero-order valence-electron chi connectivity index (χ0n) is 9.13. The second kappa shape index (κ2) is 5.36. The van der Waals surface area contributed by atoms with Gasteiger partial charge in [-0.25, -0.2) is 18.7 Å². The molecule has 0 N–H and O–H groups in total. The summed E-state index contributed by atoms with van der Waals surface area (Å²) < 4.78 is 18.4. The van der Waals surface area contributed by atoms with Crippen molar-refractivity contribution in [2.45, 2.75) is 0 Å². The van der Waals surface area contributed by atoms with E-state index in [2.05, 4.69) is 14.7 Å². The molecule has 0 saturated heterocycles. The summed E-state index contributed by atoms with van der Waals surface area (Å²) in [7, 11) is 1.27. The monoisotopic (exact) mass is 287 g/mol. The van der Waals surface area contributed by atoms with Gasteiger partial charge in [-0.05, 0) is 6.08 Å². The number of hydrogen-bond donors (Lipinski definition) is 0. The Bertz CT molecular complexity index is 629. The molecule has 2 aromatic rings. The highest BCUT2D eigenvalue weighted by Crippen LogP contribution is 2.29. The Hall–Kier alpha value is -1.60. The molecular formula is C10H7ClFN3O2S. The summed E-state index contributed by atoms with van der Waals surface area (Å²) in [6, 6.07) is 0. The largest absolute Gasteiger partial charge is 0.466 e. The molecule has 0 fully saturated rings. The minimum absolute atomic E-state index is 0.0145. The summed E-state index contributed by atoms with van der Waals surface area (Å²) >= 11 is 5.92. The molecule has 0 aliphatic carbocycles. The Labute approximate surface area is 111 Å². The predicted octanol–water partition coefficient (Wildman–Crippen LogP) is 2.65. The second-order valence-electron chi connectivity index (χ2n) is 3.20. The molecule has 94 valence electrons. The number of hydrogen-bond acceptors (Lipinski definition) is 5. The van der Waals surface area contributed by atoms with Crippen LogP contribution in [0.2, 0.25) is 5.15 Å². The number of methoxy groups -OCH3 is 1. The molecule has 0 aliphatic heterocycles. The number of nitrogens with zero attached hydrogens (tertiary/aromatic N) is 3. The van der Waals surface area contributed by atoms with E-state index in [9.17, 15) is 8.68 Å². The zero-order valence-corrected chi connectivity index (χ0v) is 10.7. The minimum atomic E-state index is -0.517. The summed E-state index contributed by atoms with van der Waals surface area (Å²) in [5, 5.41) is 0.668. The van der Waals surface area contributed by atoms with Crippen molar-refractivity contribution >= 4 is 47.0 Å². The van der Waals surface area contributed by atoms with Gasteiger partial charge in [0.25, 0.3) is 0 Å². The highest BCUT2D eigenvalue weighted by molar-refractivity contribution is 7.92. The molecule has 2 aromatic heterocycles. The third-order valence-corrected chi connectivity index (χ3v) is 2.92. The number of carbonyl (C=O) groups excluding carboxylic acids is 1. The number of fused-ring (bicyclic) bond motifs is 1. The SMILES string of the molecule is COC(=O)/C=C/c1cn(SF)c2ncnc(Cl)c12. The van der Waals surface area contributed by atoms with E-state index in [1.807, 2.05) is 0 Å². The molecule has 0 amide bonds. The molecular weight excluding hydrogens is 281 g/mol. The van der Waals surface area contributed by atoms with Gasteiger partial charge in [-0.1, -0.05) is 11.6 Å². The Balaban J connectivity index is 2.57. The number of halogens is 2. The Kier molecular flexibility index (Phi) is 3.83. The highest BCUT2D eigenvalue weighted by Gasteiger charge is 2.13. The first-order valence-electron chi connectivity index (χ1n) is 4.74. The van der Waals surface area contributed by atoms with Crippen molar-refractivity contribution < 1.29 is 13.4 Å². The van der Waals surface area contributed by atoms with E-state index in [0.717, 1.165) is 0 Å². The van der Waals surface area contributed by atoms with Crippen LogP contribution in [0.4, 0.5) is 3.89 Å². The summed E-state index contributed by atoms with van der Waals surface area (Å²) in [5.74, 6) is -0.517. The van der Waals surface area contributed by atoms with Gasteiger partial charge in [0, 0.05) is 17.8 Å². The second-order valence-corrected chi connectivity index (χ2v) is 4.09. The van der Waals surface area contributed by atoms with Crippen molar-refractivity contribution in [1.29, 1.82) is 0 Å². The molecule has 0 atom stereocenters. The predicted molar refractivity (Wildman–Crippen MR) is 67.7 cm³/mol. The quantitative estimate of drug-likeness (QED) is 0.493. The molecule has 2 heterocycles. The number of carbonyl (C=O) groups is 1. The molecule has 8 heteroatoms. The summed E-state index contributed by atoms with van der Waals surface area (Å²) in [6.07, 6.45) is 5.39. The molecule has 18 heavy (non-hydrogen) atoms. The lowest BCUT2D eigenvalue weighted by Crippen LogP contribution is -1.93. The van der Waals surface area contributed by atoms with E-state index >= 15 is 0 Å². The van der Waals surface area contributed by atoms with Gasteiger partial charge in [0.05, 0.1) is 12.5 Å². The maximum Gasteiger partial charge on any atom is 0.330 e. The highest BCUT2D eigenvalue weighted by atomic mass is 35.5. The van der Waals surface area contributed by atoms with Crippen LogP contribution in [0.5, 0.6) is 0 Å². The molecule has 0 saturated carbocycles. The fraction of sp³-hybridized carbons (Fsp3) is 0.100. The van der Waals surface area contributed by atoms with Crippen LogP contribution in [0.3, 0.4) is 0 Å². The fourth-order valence-electron chi connectivity index (χ4n) is 1.43. The van der Waals surface area contributed by atoms with Crippen molar-refractivity contribution in [1.82, 2.24) is 13.9 Å².